The van der Waals surface area contributed by atoms with E-state index in [2.05, 4.69) is 5.32 Å². The molecule has 4 nitrogen and oxygen atoms in total. The van der Waals surface area contributed by atoms with Gasteiger partial charge in [-0.3, -0.25) is 0 Å². The molecule has 0 saturated heterocycles. The average molecular weight is 319 g/mol. The van der Waals surface area contributed by atoms with E-state index in [1.165, 1.54) is 18.2 Å². The van der Waals surface area contributed by atoms with Gasteiger partial charge in [-0.05, 0) is 17.7 Å². The van der Waals surface area contributed by atoms with Crippen molar-refractivity contribution in [2.75, 3.05) is 6.54 Å². The molecule has 2 aromatic carbocycles. The first-order valence-electron chi connectivity index (χ1n) is 6.86. The lowest BCUT2D eigenvalue weighted by Crippen LogP contribution is -2.24. The molecule has 0 unspecified atom stereocenters. The highest BCUT2D eigenvalue weighted by atomic mass is 19.2. The number of hydrogen-bond acceptors (Lipinski definition) is 3. The summed E-state index contributed by atoms with van der Waals surface area (Å²) in [5, 5.41) is 11.5. The number of nitrogens with one attached hydrogen (secondary N) is 1. The fourth-order valence-electron chi connectivity index (χ4n) is 1.79. The number of alkyl carbamates (subject to hydrolysis) is 1. The zero-order chi connectivity index (χ0) is 16.7. The topological polar surface area (TPSA) is 58.6 Å². The molecule has 120 valence electrons. The molecule has 0 aliphatic heterocycles. The van der Waals surface area contributed by atoms with Gasteiger partial charge in [0.25, 0.3) is 0 Å². The fourth-order valence-corrected chi connectivity index (χ4v) is 1.79. The van der Waals surface area contributed by atoms with Gasteiger partial charge in [0, 0.05) is 12.1 Å². The molecule has 1 amide bonds. The third-order valence-electron chi connectivity index (χ3n) is 2.97. The lowest BCUT2D eigenvalue weighted by Gasteiger charge is -2.05. The molecule has 2 N–H and O–H groups in total. The van der Waals surface area contributed by atoms with Crippen molar-refractivity contribution < 1.29 is 23.4 Å². The molecule has 0 aliphatic rings. The van der Waals surface area contributed by atoms with Crippen molar-refractivity contribution >= 4 is 12.2 Å². The van der Waals surface area contributed by atoms with E-state index < -0.39 is 23.5 Å². The third kappa shape index (κ3) is 4.81. The van der Waals surface area contributed by atoms with E-state index in [4.69, 9.17) is 9.84 Å². The maximum Gasteiger partial charge on any atom is 0.407 e. The van der Waals surface area contributed by atoms with Gasteiger partial charge in [-0.15, -0.1) is 0 Å². The Balaban J connectivity index is 1.78. The number of ether oxygens (including phenoxy) is 1. The zero-order valence-electron chi connectivity index (χ0n) is 12.1. The highest BCUT2D eigenvalue weighted by Gasteiger charge is 2.10. The molecule has 0 saturated carbocycles. The SMILES string of the molecule is O=C(NCC=Cc1ccc(O)c(F)c1F)OCc1ccccc1. The number of phenols is 1. The van der Waals surface area contributed by atoms with Gasteiger partial charge in [0.15, 0.2) is 11.6 Å². The molecule has 2 aromatic rings. The van der Waals surface area contributed by atoms with Crippen molar-refractivity contribution in [3.63, 3.8) is 0 Å². The van der Waals surface area contributed by atoms with Crippen molar-refractivity contribution in [3.05, 3.63) is 71.3 Å². The van der Waals surface area contributed by atoms with Crippen LogP contribution in [0.5, 0.6) is 5.75 Å². The molecule has 0 bridgehead atoms. The Morgan fingerprint density at radius 1 is 1.13 bits per heavy atom. The predicted molar refractivity (Wildman–Crippen MR) is 81.7 cm³/mol. The number of halogens is 2. The van der Waals surface area contributed by atoms with Crippen LogP contribution >= 0.6 is 0 Å². The Kier molecular flexibility index (Phi) is 5.68. The van der Waals surface area contributed by atoms with Crippen LogP contribution < -0.4 is 5.32 Å². The summed E-state index contributed by atoms with van der Waals surface area (Å²) in [6.45, 7) is 0.240. The van der Waals surface area contributed by atoms with Crippen LogP contribution in [0.1, 0.15) is 11.1 Å². The summed E-state index contributed by atoms with van der Waals surface area (Å²) >= 11 is 0. The molecular formula is C17H15F2NO3. The van der Waals surface area contributed by atoms with E-state index in [0.717, 1.165) is 11.6 Å². The maximum absolute atomic E-state index is 13.5. The van der Waals surface area contributed by atoms with Crippen molar-refractivity contribution in [1.82, 2.24) is 5.32 Å². The highest BCUT2D eigenvalue weighted by Crippen LogP contribution is 2.21. The summed E-state index contributed by atoms with van der Waals surface area (Å²) in [4.78, 5) is 11.5. The second-order valence-electron chi connectivity index (χ2n) is 4.65. The molecular weight excluding hydrogens is 304 g/mol. The summed E-state index contributed by atoms with van der Waals surface area (Å²) in [6.07, 6.45) is 2.13. The van der Waals surface area contributed by atoms with Crippen LogP contribution in [0.4, 0.5) is 13.6 Å². The first-order valence-corrected chi connectivity index (χ1v) is 6.86. The Morgan fingerprint density at radius 3 is 2.61 bits per heavy atom. The summed E-state index contributed by atoms with van der Waals surface area (Å²) < 4.78 is 31.6. The van der Waals surface area contributed by atoms with Gasteiger partial charge in [0.1, 0.15) is 6.61 Å². The first-order chi connectivity index (χ1) is 11.1. The van der Waals surface area contributed by atoms with Crippen molar-refractivity contribution in [2.45, 2.75) is 6.61 Å². The van der Waals surface area contributed by atoms with Crippen molar-refractivity contribution in [3.8, 4) is 5.75 Å². The average Bonchev–Trinajstić information content (AvgIpc) is 2.57. The highest BCUT2D eigenvalue weighted by molar-refractivity contribution is 5.67. The van der Waals surface area contributed by atoms with Crippen LogP contribution in [0.15, 0.2) is 48.5 Å². The number of carbonyl (C=O) groups excluding carboxylic acids is 1. The van der Waals surface area contributed by atoms with Crippen molar-refractivity contribution in [1.29, 1.82) is 0 Å². The quantitative estimate of drug-likeness (QED) is 0.885. The van der Waals surface area contributed by atoms with Gasteiger partial charge in [-0.25, -0.2) is 9.18 Å². The number of aromatic hydroxyl groups is 1. The van der Waals surface area contributed by atoms with Crippen LogP contribution in [-0.2, 0) is 11.3 Å². The van der Waals surface area contributed by atoms with Gasteiger partial charge in [-0.1, -0.05) is 42.5 Å². The molecule has 0 radical (unpaired) electrons. The summed E-state index contributed by atoms with van der Waals surface area (Å²) in [7, 11) is 0. The minimum atomic E-state index is -1.30. The van der Waals surface area contributed by atoms with Crippen molar-refractivity contribution in [2.24, 2.45) is 0 Å². The minimum absolute atomic E-state index is 0.0280. The molecule has 0 fully saturated rings. The largest absolute Gasteiger partial charge is 0.505 e. The molecule has 6 heteroatoms. The zero-order valence-corrected chi connectivity index (χ0v) is 12.1. The standard InChI is InChI=1S/C17H15F2NO3/c18-15-13(8-9-14(21)16(15)19)7-4-10-20-17(22)23-11-12-5-2-1-3-6-12/h1-9,21H,10-11H2,(H,20,22). The van der Waals surface area contributed by atoms with E-state index >= 15 is 0 Å². The number of benzene rings is 2. The van der Waals surface area contributed by atoms with E-state index in [-0.39, 0.29) is 18.7 Å². The van der Waals surface area contributed by atoms with Gasteiger partial charge < -0.3 is 15.2 Å². The number of hydrogen-bond donors (Lipinski definition) is 2. The van der Waals surface area contributed by atoms with Crippen LogP contribution in [-0.4, -0.2) is 17.7 Å². The third-order valence-corrected chi connectivity index (χ3v) is 2.97. The molecule has 0 atom stereocenters. The lowest BCUT2D eigenvalue weighted by molar-refractivity contribution is 0.141. The van der Waals surface area contributed by atoms with Gasteiger partial charge in [0.2, 0.25) is 5.82 Å². The fraction of sp³-hybridized carbons (Fsp3) is 0.118. The van der Waals surface area contributed by atoms with E-state index in [1.807, 2.05) is 30.3 Å². The normalized spacial score (nSPS) is 10.7. The second kappa shape index (κ2) is 7.93. The van der Waals surface area contributed by atoms with Gasteiger partial charge in [-0.2, -0.15) is 4.39 Å². The van der Waals surface area contributed by atoms with Crippen LogP contribution in [0.3, 0.4) is 0 Å². The molecule has 2 rings (SSSR count). The smallest absolute Gasteiger partial charge is 0.407 e. The lowest BCUT2D eigenvalue weighted by atomic mass is 10.2. The maximum atomic E-state index is 13.5. The van der Waals surface area contributed by atoms with Crippen LogP contribution in [0.2, 0.25) is 0 Å². The Morgan fingerprint density at radius 2 is 1.87 bits per heavy atom. The Bertz CT molecular complexity index is 702. The summed E-state index contributed by atoms with van der Waals surface area (Å²) in [5.41, 5.74) is 0.833. The number of amides is 1. The van der Waals surface area contributed by atoms with Gasteiger partial charge >= 0.3 is 6.09 Å². The van der Waals surface area contributed by atoms with Gasteiger partial charge in [0.05, 0.1) is 0 Å². The summed E-state index contributed by atoms with van der Waals surface area (Å²) in [6, 6.07) is 11.5. The molecule has 0 aromatic heterocycles. The number of phenolic OH excluding ortho intramolecular Hbond substituents is 1. The second-order valence-corrected chi connectivity index (χ2v) is 4.65. The van der Waals surface area contributed by atoms with Crippen LogP contribution in [0, 0.1) is 11.6 Å². The Labute approximate surface area is 132 Å². The monoisotopic (exact) mass is 319 g/mol. The van der Waals surface area contributed by atoms with Crippen LogP contribution in [0.25, 0.3) is 6.08 Å². The van der Waals surface area contributed by atoms with E-state index in [0.29, 0.717) is 0 Å². The van der Waals surface area contributed by atoms with E-state index in [1.54, 1.807) is 0 Å². The van der Waals surface area contributed by atoms with E-state index in [9.17, 15) is 13.6 Å². The molecule has 23 heavy (non-hydrogen) atoms. The molecule has 0 heterocycles. The molecule has 0 spiro atoms. The first kappa shape index (κ1) is 16.5. The Hall–Kier alpha value is -2.89. The number of carbonyl (C=O) groups is 1. The minimum Gasteiger partial charge on any atom is -0.505 e. The predicted octanol–water partition coefficient (Wildman–Crippen LogP) is 3.61. The number of rotatable bonds is 5. The summed E-state index contributed by atoms with van der Waals surface area (Å²) in [5.74, 6) is -3.20. The molecule has 0 aliphatic carbocycles.